The molecule has 0 atom stereocenters. The quantitative estimate of drug-likeness (QED) is 0.330. The minimum absolute atomic E-state index is 0. The summed E-state index contributed by atoms with van der Waals surface area (Å²) in [5.74, 6) is 0. The SMILES string of the molecule is CCCCCC[NH3+].O=[N+]([O-])[O-].[Zn]. The first-order valence-corrected chi connectivity index (χ1v) is 3.75. The zero-order valence-electron chi connectivity index (χ0n) is 7.62. The first-order valence-electron chi connectivity index (χ1n) is 3.75. The summed E-state index contributed by atoms with van der Waals surface area (Å²) in [4.78, 5) is 8.25. The van der Waals surface area contributed by atoms with Crippen LogP contribution in [0.2, 0.25) is 0 Å². The zero-order valence-corrected chi connectivity index (χ0v) is 10.6. The van der Waals surface area contributed by atoms with Crippen LogP contribution in [0.15, 0.2) is 0 Å². The van der Waals surface area contributed by atoms with E-state index >= 15 is 0 Å². The third-order valence-corrected chi connectivity index (χ3v) is 1.10. The second kappa shape index (κ2) is 17.0. The van der Waals surface area contributed by atoms with Gasteiger partial charge in [-0.2, -0.15) is 0 Å². The maximum absolute atomic E-state index is 8.25. The van der Waals surface area contributed by atoms with E-state index in [1.165, 1.54) is 25.7 Å². The van der Waals surface area contributed by atoms with E-state index in [0.29, 0.717) is 0 Å². The molecule has 0 aromatic rings. The van der Waals surface area contributed by atoms with Gasteiger partial charge in [0.05, 0.1) is 11.6 Å². The smallest absolute Gasteiger partial charge is 0.0739 e. The van der Waals surface area contributed by atoms with E-state index in [1.54, 1.807) is 0 Å². The van der Waals surface area contributed by atoms with Crippen molar-refractivity contribution < 1.29 is 30.3 Å². The number of hydrogen-bond donors (Lipinski definition) is 1. The predicted molar refractivity (Wildman–Crippen MR) is 42.3 cm³/mol. The summed E-state index contributed by atoms with van der Waals surface area (Å²) < 4.78 is 0. The molecule has 70 valence electrons. The van der Waals surface area contributed by atoms with Gasteiger partial charge in [0.15, 0.2) is 0 Å². The summed E-state index contributed by atoms with van der Waals surface area (Å²) in [6.07, 6.45) is 5.41. The number of hydrogen-bond acceptors (Lipinski definition) is 3. The van der Waals surface area contributed by atoms with Gasteiger partial charge in [-0.3, -0.25) is 0 Å². The summed E-state index contributed by atoms with van der Waals surface area (Å²) in [5, 5.41) is 14.8. The molecule has 0 aromatic carbocycles. The molecule has 0 aliphatic rings. The molecule has 0 rings (SSSR count). The van der Waals surface area contributed by atoms with E-state index in [1.807, 2.05) is 0 Å². The zero-order chi connectivity index (χ0) is 9.11. The maximum atomic E-state index is 8.25. The van der Waals surface area contributed by atoms with Crippen LogP contribution < -0.4 is 5.73 Å². The monoisotopic (exact) mass is 228 g/mol. The van der Waals surface area contributed by atoms with Crippen molar-refractivity contribution in [2.45, 2.75) is 32.6 Å². The van der Waals surface area contributed by atoms with Crippen LogP contribution in [0.4, 0.5) is 0 Å². The van der Waals surface area contributed by atoms with Crippen molar-refractivity contribution in [2.24, 2.45) is 0 Å². The van der Waals surface area contributed by atoms with E-state index in [4.69, 9.17) is 15.3 Å². The van der Waals surface area contributed by atoms with Gasteiger partial charge in [0.2, 0.25) is 0 Å². The molecule has 0 amide bonds. The fraction of sp³-hybridized carbons (Fsp3) is 1.00. The minimum atomic E-state index is -1.75. The summed E-state index contributed by atoms with van der Waals surface area (Å²) in [6.45, 7) is 3.34. The molecule has 0 aromatic heterocycles. The van der Waals surface area contributed by atoms with Crippen molar-refractivity contribution >= 4 is 0 Å². The second-order valence-electron chi connectivity index (χ2n) is 2.14. The Morgan fingerprint density at radius 1 is 1.25 bits per heavy atom. The molecule has 0 fully saturated rings. The molecular weight excluding hydrogens is 213 g/mol. The average Bonchev–Trinajstić information content (AvgIpc) is 1.88. The fourth-order valence-corrected chi connectivity index (χ4v) is 0.604. The molecule has 0 aliphatic heterocycles. The standard InChI is InChI=1S/C6H15N.NO3.Zn/c1-2-3-4-5-6-7;2-1(3)4;/h2-7H2,1H3;;/q;-1;/p+1. The largest absolute Gasteiger partial charge is 0.358 e. The average molecular weight is 230 g/mol. The Morgan fingerprint density at radius 3 is 1.92 bits per heavy atom. The number of unbranched alkanes of at least 4 members (excludes halogenated alkanes) is 3. The predicted octanol–water partition coefficient (Wildman–Crippen LogP) is 0.567. The molecule has 0 bridgehead atoms. The van der Waals surface area contributed by atoms with Gasteiger partial charge >= 0.3 is 0 Å². The minimum Gasteiger partial charge on any atom is -0.358 e. The van der Waals surface area contributed by atoms with Crippen LogP contribution in [0.25, 0.3) is 0 Å². The van der Waals surface area contributed by atoms with Crippen LogP contribution in [0, 0.1) is 15.3 Å². The van der Waals surface area contributed by atoms with Crippen molar-refractivity contribution in [3.8, 4) is 0 Å². The first kappa shape index (κ1) is 17.8. The van der Waals surface area contributed by atoms with Crippen molar-refractivity contribution in [3.05, 3.63) is 15.3 Å². The number of nitrogens with zero attached hydrogens (tertiary/aromatic N) is 1. The summed E-state index contributed by atoms with van der Waals surface area (Å²) in [5.41, 5.74) is 3.76. The van der Waals surface area contributed by atoms with Crippen LogP contribution >= 0.6 is 0 Å². The van der Waals surface area contributed by atoms with Gasteiger partial charge < -0.3 is 21.1 Å². The van der Waals surface area contributed by atoms with Crippen LogP contribution in [-0.2, 0) is 19.5 Å². The third kappa shape index (κ3) is 52.7. The molecule has 12 heavy (non-hydrogen) atoms. The molecule has 0 radical (unpaired) electrons. The Kier molecular flexibility index (Phi) is 25.2. The van der Waals surface area contributed by atoms with Crippen LogP contribution in [-0.4, -0.2) is 11.6 Å². The Labute approximate surface area is 85.2 Å². The summed E-state index contributed by atoms with van der Waals surface area (Å²) in [6, 6.07) is 0. The molecule has 0 aliphatic carbocycles. The molecule has 0 spiro atoms. The van der Waals surface area contributed by atoms with Gasteiger partial charge in [-0.05, 0) is 12.8 Å². The van der Waals surface area contributed by atoms with Gasteiger partial charge in [-0.15, -0.1) is 0 Å². The Morgan fingerprint density at radius 2 is 1.67 bits per heavy atom. The topological polar surface area (TPSA) is 93.8 Å². The van der Waals surface area contributed by atoms with Gasteiger partial charge in [-0.25, -0.2) is 0 Å². The summed E-state index contributed by atoms with van der Waals surface area (Å²) in [7, 11) is 0. The van der Waals surface area contributed by atoms with Crippen molar-refractivity contribution in [2.75, 3.05) is 6.54 Å². The fourth-order valence-electron chi connectivity index (χ4n) is 0.604. The molecule has 0 saturated carbocycles. The summed E-state index contributed by atoms with van der Waals surface area (Å²) >= 11 is 0. The normalized spacial score (nSPS) is 7.50. The maximum Gasteiger partial charge on any atom is 0.0739 e. The molecule has 0 saturated heterocycles. The Balaban J connectivity index is -0.000000142. The van der Waals surface area contributed by atoms with E-state index in [2.05, 4.69) is 12.7 Å². The van der Waals surface area contributed by atoms with Crippen LogP contribution in [0.1, 0.15) is 32.6 Å². The second-order valence-corrected chi connectivity index (χ2v) is 2.14. The third-order valence-electron chi connectivity index (χ3n) is 1.10. The molecule has 3 N–H and O–H groups in total. The number of quaternary nitrogens is 1. The Bertz CT molecular complexity index is 84.9. The van der Waals surface area contributed by atoms with Crippen LogP contribution in [0.3, 0.4) is 0 Å². The molecule has 5 nitrogen and oxygen atoms in total. The van der Waals surface area contributed by atoms with Gasteiger partial charge in [0.1, 0.15) is 0 Å². The van der Waals surface area contributed by atoms with Crippen molar-refractivity contribution in [3.63, 3.8) is 0 Å². The molecule has 0 unspecified atom stereocenters. The van der Waals surface area contributed by atoms with E-state index in [0.717, 1.165) is 6.54 Å². The molecular formula is C6H16N2O3Zn. The van der Waals surface area contributed by atoms with Crippen molar-refractivity contribution in [1.29, 1.82) is 0 Å². The van der Waals surface area contributed by atoms with Crippen molar-refractivity contribution in [1.82, 2.24) is 0 Å². The number of rotatable bonds is 4. The molecule has 0 heterocycles. The Hall–Kier alpha value is -0.217. The van der Waals surface area contributed by atoms with E-state index in [9.17, 15) is 0 Å². The van der Waals surface area contributed by atoms with Gasteiger partial charge in [-0.1, -0.05) is 19.8 Å². The van der Waals surface area contributed by atoms with Crippen LogP contribution in [0.5, 0.6) is 0 Å². The first-order chi connectivity index (χ1) is 5.15. The van der Waals surface area contributed by atoms with Gasteiger partial charge in [0.25, 0.3) is 0 Å². The molecule has 6 heteroatoms. The van der Waals surface area contributed by atoms with Gasteiger partial charge in [0, 0.05) is 19.5 Å². The van der Waals surface area contributed by atoms with E-state index in [-0.39, 0.29) is 19.5 Å². The van der Waals surface area contributed by atoms with E-state index < -0.39 is 5.09 Å².